The summed E-state index contributed by atoms with van der Waals surface area (Å²) in [7, 11) is 3.95. The van der Waals surface area contributed by atoms with Crippen molar-refractivity contribution in [3.05, 3.63) is 52.8 Å². The summed E-state index contributed by atoms with van der Waals surface area (Å²) in [5.74, 6) is -0.449. The number of hydrogen-bond donors (Lipinski definition) is 2. The highest BCUT2D eigenvalue weighted by atomic mass is 16.2. The molecular weight excluding hydrogens is 292 g/mol. The van der Waals surface area contributed by atoms with E-state index < -0.39 is 0 Å². The summed E-state index contributed by atoms with van der Waals surface area (Å²) in [5.41, 5.74) is 2.88. The molecule has 0 bridgehead atoms. The molecule has 1 heterocycles. The third-order valence-corrected chi connectivity index (χ3v) is 3.72. The molecule has 2 N–H and O–H groups in total. The summed E-state index contributed by atoms with van der Waals surface area (Å²) in [6.45, 7) is 3.92. The maximum Gasteiger partial charge on any atom is 0.269 e. The van der Waals surface area contributed by atoms with Gasteiger partial charge in [0.15, 0.2) is 5.78 Å². The molecule has 6 nitrogen and oxygen atoms in total. The number of aromatic nitrogens is 2. The predicted octanol–water partition coefficient (Wildman–Crippen LogP) is 1.95. The third-order valence-electron chi connectivity index (χ3n) is 3.72. The molecule has 0 saturated carbocycles. The number of amides is 1. The predicted molar refractivity (Wildman–Crippen MR) is 88.5 cm³/mol. The Morgan fingerprint density at radius 2 is 1.91 bits per heavy atom. The minimum absolute atomic E-state index is 0.0646. The van der Waals surface area contributed by atoms with E-state index in [0.29, 0.717) is 6.54 Å². The molecule has 1 aromatic carbocycles. The van der Waals surface area contributed by atoms with Gasteiger partial charge in [-0.15, -0.1) is 0 Å². The molecule has 0 spiro atoms. The van der Waals surface area contributed by atoms with Crippen molar-refractivity contribution in [1.82, 2.24) is 20.4 Å². The van der Waals surface area contributed by atoms with Crippen LogP contribution >= 0.6 is 0 Å². The van der Waals surface area contributed by atoms with Gasteiger partial charge in [0.1, 0.15) is 11.4 Å². The van der Waals surface area contributed by atoms with Gasteiger partial charge in [0.2, 0.25) is 0 Å². The molecule has 0 aliphatic heterocycles. The Kier molecular flexibility index (Phi) is 5.28. The average Bonchev–Trinajstić information content (AvgIpc) is 2.99. The van der Waals surface area contributed by atoms with E-state index in [1.54, 1.807) is 0 Å². The van der Waals surface area contributed by atoms with Gasteiger partial charge in [-0.25, -0.2) is 0 Å². The SMILES string of the molecule is CC(=O)c1cc(C(=O)NC[C@H](c2ccc(C)cc2)N(C)C)[nH]n1. The Hall–Kier alpha value is -2.47. The Morgan fingerprint density at radius 1 is 1.26 bits per heavy atom. The Balaban J connectivity index is 2.04. The normalized spacial score (nSPS) is 12.2. The van der Waals surface area contributed by atoms with Gasteiger partial charge in [0.05, 0.1) is 6.04 Å². The van der Waals surface area contributed by atoms with Crippen LogP contribution in [0.3, 0.4) is 0 Å². The van der Waals surface area contributed by atoms with E-state index in [2.05, 4.69) is 44.7 Å². The zero-order valence-corrected chi connectivity index (χ0v) is 13.9. The summed E-state index contributed by atoms with van der Waals surface area (Å²) in [6, 6.07) is 9.78. The van der Waals surface area contributed by atoms with Crippen molar-refractivity contribution in [2.75, 3.05) is 20.6 Å². The number of benzene rings is 1. The topological polar surface area (TPSA) is 78.1 Å². The summed E-state index contributed by atoms with van der Waals surface area (Å²) in [6.07, 6.45) is 0. The lowest BCUT2D eigenvalue weighted by Crippen LogP contribution is -2.34. The van der Waals surface area contributed by atoms with Crippen molar-refractivity contribution in [3.8, 4) is 0 Å². The van der Waals surface area contributed by atoms with E-state index in [1.165, 1.54) is 18.6 Å². The molecule has 23 heavy (non-hydrogen) atoms. The highest BCUT2D eigenvalue weighted by molar-refractivity contribution is 5.97. The summed E-state index contributed by atoms with van der Waals surface area (Å²) in [5, 5.41) is 9.29. The monoisotopic (exact) mass is 314 g/mol. The van der Waals surface area contributed by atoms with Crippen LogP contribution < -0.4 is 5.32 Å². The van der Waals surface area contributed by atoms with Crippen molar-refractivity contribution in [2.45, 2.75) is 19.9 Å². The maximum atomic E-state index is 12.2. The number of aromatic amines is 1. The second-order valence-corrected chi connectivity index (χ2v) is 5.82. The van der Waals surface area contributed by atoms with Crippen molar-refractivity contribution in [2.24, 2.45) is 0 Å². The van der Waals surface area contributed by atoms with Crippen LogP contribution in [0, 0.1) is 6.92 Å². The molecule has 2 rings (SSSR count). The molecule has 1 aromatic heterocycles. The van der Waals surface area contributed by atoms with Crippen molar-refractivity contribution in [1.29, 1.82) is 0 Å². The molecule has 0 unspecified atom stereocenters. The van der Waals surface area contributed by atoms with Gasteiger partial charge in [0.25, 0.3) is 5.91 Å². The Labute approximate surface area is 135 Å². The first-order chi connectivity index (χ1) is 10.9. The van der Waals surface area contributed by atoms with E-state index >= 15 is 0 Å². The molecule has 6 heteroatoms. The zero-order valence-electron chi connectivity index (χ0n) is 13.9. The van der Waals surface area contributed by atoms with Gasteiger partial charge in [-0.05, 0) is 32.6 Å². The standard InChI is InChI=1S/C17H22N4O2/c1-11-5-7-13(8-6-11)16(21(3)4)10-18-17(23)15-9-14(12(2)22)19-20-15/h5-9,16H,10H2,1-4H3,(H,18,23)(H,19,20)/t16-/m1/s1. The molecule has 1 amide bonds. The smallest absolute Gasteiger partial charge is 0.269 e. The second kappa shape index (κ2) is 7.19. The number of likely N-dealkylation sites (N-methyl/N-ethyl adjacent to an activating group) is 1. The number of rotatable bonds is 6. The van der Waals surface area contributed by atoms with Gasteiger partial charge < -0.3 is 10.2 Å². The number of aryl methyl sites for hydroxylation is 1. The van der Waals surface area contributed by atoms with Gasteiger partial charge in [0, 0.05) is 13.5 Å². The van der Waals surface area contributed by atoms with E-state index in [9.17, 15) is 9.59 Å². The first-order valence-electron chi connectivity index (χ1n) is 7.46. The first-order valence-corrected chi connectivity index (χ1v) is 7.46. The molecule has 2 aromatic rings. The summed E-state index contributed by atoms with van der Waals surface area (Å²) >= 11 is 0. The van der Waals surface area contributed by atoms with Crippen LogP contribution in [0.15, 0.2) is 30.3 Å². The van der Waals surface area contributed by atoms with Crippen LogP contribution in [-0.2, 0) is 0 Å². The molecule has 0 aliphatic carbocycles. The fourth-order valence-corrected chi connectivity index (χ4v) is 2.29. The highest BCUT2D eigenvalue weighted by Crippen LogP contribution is 2.18. The van der Waals surface area contributed by atoms with Crippen LogP contribution in [0.2, 0.25) is 0 Å². The Morgan fingerprint density at radius 3 is 2.43 bits per heavy atom. The Bertz CT molecular complexity index is 689. The molecular formula is C17H22N4O2. The molecule has 0 fully saturated rings. The molecule has 0 saturated heterocycles. The number of carbonyl (C=O) groups excluding carboxylic acids is 2. The lowest BCUT2D eigenvalue weighted by molar-refractivity contribution is 0.0936. The second-order valence-electron chi connectivity index (χ2n) is 5.82. The van der Waals surface area contributed by atoms with Gasteiger partial charge in [-0.3, -0.25) is 14.7 Å². The lowest BCUT2D eigenvalue weighted by atomic mass is 10.0. The zero-order chi connectivity index (χ0) is 17.0. The van der Waals surface area contributed by atoms with Crippen molar-refractivity contribution < 1.29 is 9.59 Å². The highest BCUT2D eigenvalue weighted by Gasteiger charge is 2.17. The number of nitrogens with one attached hydrogen (secondary N) is 2. The molecule has 1 atom stereocenters. The number of hydrogen-bond acceptors (Lipinski definition) is 4. The number of Topliss-reactive ketones (excluding diaryl/α,β-unsaturated/α-hetero) is 1. The number of H-pyrrole nitrogens is 1. The summed E-state index contributed by atoms with van der Waals surface area (Å²) in [4.78, 5) is 25.5. The van der Waals surface area contributed by atoms with Crippen LogP contribution in [0.25, 0.3) is 0 Å². The van der Waals surface area contributed by atoms with E-state index in [4.69, 9.17) is 0 Å². The number of nitrogens with zero attached hydrogens (tertiary/aromatic N) is 2. The largest absolute Gasteiger partial charge is 0.349 e. The molecule has 0 radical (unpaired) electrons. The molecule has 122 valence electrons. The molecule has 0 aliphatic rings. The van der Waals surface area contributed by atoms with Crippen LogP contribution in [0.4, 0.5) is 0 Å². The van der Waals surface area contributed by atoms with Crippen molar-refractivity contribution in [3.63, 3.8) is 0 Å². The van der Waals surface area contributed by atoms with Gasteiger partial charge >= 0.3 is 0 Å². The number of ketones is 1. The van der Waals surface area contributed by atoms with E-state index in [1.807, 2.05) is 21.0 Å². The van der Waals surface area contributed by atoms with E-state index in [-0.39, 0.29) is 29.1 Å². The summed E-state index contributed by atoms with van der Waals surface area (Å²) < 4.78 is 0. The first kappa shape index (κ1) is 16.9. The lowest BCUT2D eigenvalue weighted by Gasteiger charge is -2.25. The van der Waals surface area contributed by atoms with Crippen LogP contribution in [-0.4, -0.2) is 47.4 Å². The average molecular weight is 314 g/mol. The third kappa shape index (κ3) is 4.26. The quantitative estimate of drug-likeness (QED) is 0.799. The van der Waals surface area contributed by atoms with Gasteiger partial charge in [-0.2, -0.15) is 5.10 Å². The van der Waals surface area contributed by atoms with Gasteiger partial charge in [-0.1, -0.05) is 29.8 Å². The van der Waals surface area contributed by atoms with Crippen LogP contribution in [0.1, 0.15) is 45.1 Å². The van der Waals surface area contributed by atoms with E-state index in [0.717, 1.165) is 5.56 Å². The van der Waals surface area contributed by atoms with Crippen LogP contribution in [0.5, 0.6) is 0 Å². The fourth-order valence-electron chi connectivity index (χ4n) is 2.29. The number of carbonyl (C=O) groups is 2. The minimum Gasteiger partial charge on any atom is -0.349 e. The maximum absolute atomic E-state index is 12.2. The van der Waals surface area contributed by atoms with Crippen molar-refractivity contribution >= 4 is 11.7 Å². The fraction of sp³-hybridized carbons (Fsp3) is 0.353. The minimum atomic E-state index is -0.274.